The fourth-order valence-electron chi connectivity index (χ4n) is 2.00. The highest BCUT2D eigenvalue weighted by molar-refractivity contribution is 5.38. The van der Waals surface area contributed by atoms with Crippen LogP contribution in [0.2, 0.25) is 0 Å². The molecule has 1 fully saturated rings. The molecule has 0 aromatic carbocycles. The van der Waals surface area contributed by atoms with Crippen molar-refractivity contribution >= 4 is 5.65 Å². The number of aromatic nitrogens is 4. The normalized spacial score (nSPS) is 25.4. The first-order valence-corrected chi connectivity index (χ1v) is 5.26. The molecule has 2 aromatic heterocycles. The summed E-state index contributed by atoms with van der Waals surface area (Å²) >= 11 is 0. The molecule has 2 unspecified atom stereocenters. The van der Waals surface area contributed by atoms with Crippen molar-refractivity contribution in [3.8, 4) is 0 Å². The third kappa shape index (κ3) is 1.38. The van der Waals surface area contributed by atoms with Crippen LogP contribution in [0.5, 0.6) is 0 Å². The zero-order valence-corrected chi connectivity index (χ0v) is 9.00. The van der Waals surface area contributed by atoms with Gasteiger partial charge in [0.15, 0.2) is 5.65 Å². The quantitative estimate of drug-likeness (QED) is 0.723. The largest absolute Gasteiger partial charge is 0.379 e. The van der Waals surface area contributed by atoms with E-state index in [4.69, 9.17) is 10.5 Å². The van der Waals surface area contributed by atoms with Crippen LogP contribution in [-0.2, 0) is 4.74 Å². The van der Waals surface area contributed by atoms with Crippen LogP contribution in [-0.4, -0.2) is 38.8 Å². The minimum atomic E-state index is -0.00583. The van der Waals surface area contributed by atoms with Crippen molar-refractivity contribution in [3.05, 3.63) is 23.9 Å². The van der Waals surface area contributed by atoms with Gasteiger partial charge in [0.05, 0.1) is 19.1 Å². The van der Waals surface area contributed by atoms with Crippen molar-refractivity contribution in [2.45, 2.75) is 18.9 Å². The molecule has 0 radical (unpaired) electrons. The number of fused-ring (bicyclic) bond motifs is 1. The predicted molar refractivity (Wildman–Crippen MR) is 57.1 cm³/mol. The molecule has 1 aliphatic rings. The summed E-state index contributed by atoms with van der Waals surface area (Å²) < 4.78 is 7.22. The summed E-state index contributed by atoms with van der Waals surface area (Å²) in [5, 5.41) is 8.30. The van der Waals surface area contributed by atoms with E-state index in [0.717, 1.165) is 17.2 Å². The Bertz CT molecular complexity index is 523. The molecule has 2 atom stereocenters. The van der Waals surface area contributed by atoms with Crippen LogP contribution >= 0.6 is 0 Å². The van der Waals surface area contributed by atoms with Gasteiger partial charge in [0.2, 0.25) is 0 Å². The highest BCUT2D eigenvalue weighted by Crippen LogP contribution is 2.23. The van der Waals surface area contributed by atoms with Crippen molar-refractivity contribution in [1.29, 1.82) is 0 Å². The summed E-state index contributed by atoms with van der Waals surface area (Å²) in [5.41, 5.74) is 7.70. The zero-order valence-electron chi connectivity index (χ0n) is 9.00. The molecule has 0 amide bonds. The average Bonchev–Trinajstić information content (AvgIpc) is 2.83. The highest BCUT2D eigenvalue weighted by atomic mass is 16.5. The van der Waals surface area contributed by atoms with E-state index in [2.05, 4.69) is 15.2 Å². The third-order valence-electron chi connectivity index (χ3n) is 2.92. The topological polar surface area (TPSA) is 78.3 Å². The molecule has 3 heterocycles. The first-order valence-electron chi connectivity index (χ1n) is 5.26. The van der Waals surface area contributed by atoms with E-state index in [1.807, 2.05) is 17.4 Å². The Morgan fingerprint density at radius 1 is 1.44 bits per heavy atom. The van der Waals surface area contributed by atoms with E-state index in [1.165, 1.54) is 0 Å². The first kappa shape index (κ1) is 9.68. The van der Waals surface area contributed by atoms with E-state index in [-0.39, 0.29) is 12.0 Å². The second-order valence-corrected chi connectivity index (χ2v) is 4.12. The fourth-order valence-corrected chi connectivity index (χ4v) is 2.00. The molecule has 1 saturated heterocycles. The van der Waals surface area contributed by atoms with Gasteiger partial charge in [-0.1, -0.05) is 0 Å². The Kier molecular flexibility index (Phi) is 2.12. The minimum absolute atomic E-state index is 0.00583. The van der Waals surface area contributed by atoms with Crippen molar-refractivity contribution in [3.63, 3.8) is 0 Å². The summed E-state index contributed by atoms with van der Waals surface area (Å²) in [6.07, 6.45) is 1.74. The Morgan fingerprint density at radius 2 is 2.31 bits per heavy atom. The van der Waals surface area contributed by atoms with Gasteiger partial charge < -0.3 is 10.5 Å². The van der Waals surface area contributed by atoms with Crippen molar-refractivity contribution in [2.24, 2.45) is 5.73 Å². The number of rotatable bonds is 1. The van der Waals surface area contributed by atoms with Gasteiger partial charge in [-0.15, -0.1) is 10.2 Å². The average molecular weight is 219 g/mol. The second kappa shape index (κ2) is 3.50. The molecule has 84 valence electrons. The summed E-state index contributed by atoms with van der Waals surface area (Å²) in [6, 6.07) is 1.89. The number of aryl methyl sites for hydroxylation is 1. The third-order valence-corrected chi connectivity index (χ3v) is 2.92. The number of ether oxygens (including phenoxy) is 1. The van der Waals surface area contributed by atoms with E-state index >= 15 is 0 Å². The van der Waals surface area contributed by atoms with E-state index in [1.54, 1.807) is 6.33 Å². The maximum atomic E-state index is 5.96. The number of hydrogen-bond acceptors (Lipinski definition) is 5. The number of hydrogen-bond donors (Lipinski definition) is 1. The van der Waals surface area contributed by atoms with Crippen LogP contribution in [0.3, 0.4) is 0 Å². The van der Waals surface area contributed by atoms with E-state index in [0.29, 0.717) is 13.2 Å². The molecular formula is C10H13N5O. The van der Waals surface area contributed by atoms with Gasteiger partial charge in [-0.05, 0) is 6.92 Å². The monoisotopic (exact) mass is 219 g/mol. The van der Waals surface area contributed by atoms with Crippen LogP contribution in [0.15, 0.2) is 12.4 Å². The SMILES string of the molecule is Cc1cc2nnc(C3COCC3N)n2cn1. The molecule has 16 heavy (non-hydrogen) atoms. The lowest BCUT2D eigenvalue weighted by Gasteiger charge is -2.10. The predicted octanol–water partition coefficient (Wildman–Crippen LogP) is -0.126. The zero-order chi connectivity index (χ0) is 11.1. The minimum Gasteiger partial charge on any atom is -0.379 e. The van der Waals surface area contributed by atoms with Crippen LogP contribution in [0.4, 0.5) is 0 Å². The lowest BCUT2D eigenvalue weighted by molar-refractivity contribution is 0.190. The molecule has 0 bridgehead atoms. The Morgan fingerprint density at radius 3 is 3.06 bits per heavy atom. The maximum absolute atomic E-state index is 5.96. The second-order valence-electron chi connectivity index (χ2n) is 4.12. The molecule has 6 heteroatoms. The van der Waals surface area contributed by atoms with Gasteiger partial charge in [0.1, 0.15) is 12.2 Å². The van der Waals surface area contributed by atoms with Crippen molar-refractivity contribution in [2.75, 3.05) is 13.2 Å². The molecule has 2 aromatic rings. The molecule has 2 N–H and O–H groups in total. The lowest BCUT2D eigenvalue weighted by atomic mass is 10.0. The molecule has 1 aliphatic heterocycles. The standard InChI is InChI=1S/C10H13N5O/c1-6-2-9-13-14-10(15(9)5-12-6)7-3-16-4-8(7)11/h2,5,7-8H,3-4,11H2,1H3. The Balaban J connectivity index is 2.10. The summed E-state index contributed by atoms with van der Waals surface area (Å²) in [5.74, 6) is 0.951. The Hall–Kier alpha value is -1.53. The van der Waals surface area contributed by atoms with E-state index in [9.17, 15) is 0 Å². The lowest BCUT2D eigenvalue weighted by Crippen LogP contribution is -2.28. The van der Waals surface area contributed by atoms with Gasteiger partial charge in [-0.2, -0.15) is 0 Å². The first-order chi connectivity index (χ1) is 7.75. The molecular weight excluding hydrogens is 206 g/mol. The molecule has 0 saturated carbocycles. The molecule has 6 nitrogen and oxygen atoms in total. The van der Waals surface area contributed by atoms with Crippen molar-refractivity contribution < 1.29 is 4.74 Å². The van der Waals surface area contributed by atoms with Gasteiger partial charge in [0, 0.05) is 17.8 Å². The van der Waals surface area contributed by atoms with Crippen LogP contribution < -0.4 is 5.73 Å². The number of nitrogens with zero attached hydrogens (tertiary/aromatic N) is 4. The number of nitrogens with two attached hydrogens (primary N) is 1. The van der Waals surface area contributed by atoms with Crippen LogP contribution in [0.1, 0.15) is 17.4 Å². The van der Waals surface area contributed by atoms with Crippen LogP contribution in [0, 0.1) is 6.92 Å². The van der Waals surface area contributed by atoms with Gasteiger partial charge >= 0.3 is 0 Å². The van der Waals surface area contributed by atoms with Gasteiger partial charge in [0.25, 0.3) is 0 Å². The molecule has 3 rings (SSSR count). The van der Waals surface area contributed by atoms with Crippen molar-refractivity contribution in [1.82, 2.24) is 19.6 Å². The smallest absolute Gasteiger partial charge is 0.163 e. The summed E-state index contributed by atoms with van der Waals surface area (Å²) in [4.78, 5) is 4.24. The molecule has 0 aliphatic carbocycles. The highest BCUT2D eigenvalue weighted by Gasteiger charge is 2.30. The summed E-state index contributed by atoms with van der Waals surface area (Å²) in [7, 11) is 0. The molecule has 0 spiro atoms. The van der Waals surface area contributed by atoms with E-state index < -0.39 is 0 Å². The van der Waals surface area contributed by atoms with Crippen LogP contribution in [0.25, 0.3) is 5.65 Å². The fraction of sp³-hybridized carbons (Fsp3) is 0.500. The summed E-state index contributed by atoms with van der Waals surface area (Å²) in [6.45, 7) is 3.12. The van der Waals surface area contributed by atoms with Gasteiger partial charge in [-0.3, -0.25) is 4.40 Å². The van der Waals surface area contributed by atoms with Gasteiger partial charge in [-0.25, -0.2) is 4.98 Å². The maximum Gasteiger partial charge on any atom is 0.163 e. The Labute approximate surface area is 92.4 Å².